The number of carboxylic acid groups (broad SMARTS) is 1. The summed E-state index contributed by atoms with van der Waals surface area (Å²) in [6.07, 6.45) is 1.89. The van der Waals surface area contributed by atoms with Crippen LogP contribution in [0, 0.1) is 10.8 Å². The van der Waals surface area contributed by atoms with Crippen molar-refractivity contribution >= 4 is 61.0 Å². The zero-order chi connectivity index (χ0) is 30.6. The van der Waals surface area contributed by atoms with Gasteiger partial charge >= 0.3 is 5.97 Å². The molecule has 1 N–H and O–H groups in total. The number of nitrogens with zero attached hydrogens (tertiary/aromatic N) is 1. The smallest absolute Gasteiger partial charge is 0.305 e. The average Bonchev–Trinajstić information content (AvgIpc) is 2.86. The lowest BCUT2D eigenvalue weighted by Crippen LogP contribution is -2.45. The van der Waals surface area contributed by atoms with Crippen molar-refractivity contribution in [1.82, 2.24) is 4.90 Å². The molecule has 0 amide bonds. The lowest BCUT2D eigenvalue weighted by atomic mass is 9.63. The number of carboxylic acids is 1. The van der Waals surface area contributed by atoms with Gasteiger partial charge in [0.05, 0.1) is 15.4 Å². The number of ketones is 2. The summed E-state index contributed by atoms with van der Waals surface area (Å²) in [6, 6.07) is 11.3. The van der Waals surface area contributed by atoms with Crippen LogP contribution < -0.4 is 4.74 Å². The maximum Gasteiger partial charge on any atom is 0.305 e. The van der Waals surface area contributed by atoms with Crippen LogP contribution in [0.25, 0.3) is 0 Å². The van der Waals surface area contributed by atoms with E-state index in [9.17, 15) is 19.5 Å². The van der Waals surface area contributed by atoms with Crippen LogP contribution in [-0.2, 0) is 21.0 Å². The lowest BCUT2D eigenvalue weighted by Gasteiger charge is -2.49. The van der Waals surface area contributed by atoms with Gasteiger partial charge in [-0.2, -0.15) is 0 Å². The van der Waals surface area contributed by atoms with Crippen LogP contribution in [-0.4, -0.2) is 34.1 Å². The van der Waals surface area contributed by atoms with Crippen LogP contribution in [0.3, 0.4) is 0 Å². The predicted molar refractivity (Wildman–Crippen MR) is 169 cm³/mol. The second kappa shape index (κ2) is 11.6. The minimum atomic E-state index is -0.911. The molecule has 0 fully saturated rings. The molecule has 5 rings (SSSR count). The molecular weight excluding hydrogens is 686 g/mol. The molecule has 0 unspecified atom stereocenters. The summed E-state index contributed by atoms with van der Waals surface area (Å²) in [5.41, 5.74) is 4.13. The Hall–Kier alpha value is -2.42. The molecule has 0 aromatic heterocycles. The predicted octanol–water partition coefficient (Wildman–Crippen LogP) is 8.60. The first-order valence-corrected chi connectivity index (χ1v) is 16.0. The van der Waals surface area contributed by atoms with Gasteiger partial charge in [0.2, 0.25) is 0 Å². The number of Topliss-reactive ketones (excluding diaryl/α,β-unsaturated/α-hetero) is 2. The van der Waals surface area contributed by atoms with Crippen molar-refractivity contribution in [3.05, 3.63) is 84.0 Å². The number of carbonyl (C=O) groups is 3. The molecule has 0 bridgehead atoms. The summed E-state index contributed by atoms with van der Waals surface area (Å²) in [7, 11) is 0. The molecular formula is C33H34Br2ClNO5. The van der Waals surface area contributed by atoms with E-state index in [4.69, 9.17) is 16.3 Å². The second-order valence-corrected chi connectivity index (χ2v) is 15.2. The molecule has 0 saturated carbocycles. The molecule has 3 aliphatic rings. The van der Waals surface area contributed by atoms with Gasteiger partial charge in [-0.3, -0.25) is 14.4 Å². The van der Waals surface area contributed by atoms with E-state index in [-0.39, 0.29) is 35.4 Å². The van der Waals surface area contributed by atoms with Gasteiger partial charge in [-0.25, -0.2) is 0 Å². The van der Waals surface area contributed by atoms with Gasteiger partial charge in [0, 0.05) is 52.9 Å². The van der Waals surface area contributed by atoms with Gasteiger partial charge in [-0.05, 0) is 90.9 Å². The fraction of sp³-hybridized carbons (Fsp3) is 0.424. The third-order valence-electron chi connectivity index (χ3n) is 8.22. The van der Waals surface area contributed by atoms with Crippen LogP contribution in [0.15, 0.2) is 67.9 Å². The number of ether oxygens (including phenoxy) is 1. The number of hydrogen-bond donors (Lipinski definition) is 1. The molecule has 0 atom stereocenters. The van der Waals surface area contributed by atoms with Crippen molar-refractivity contribution in [2.75, 3.05) is 6.54 Å². The van der Waals surface area contributed by atoms with Gasteiger partial charge < -0.3 is 14.7 Å². The Labute approximate surface area is 268 Å². The zero-order valence-electron chi connectivity index (χ0n) is 24.2. The number of rotatable bonds is 7. The van der Waals surface area contributed by atoms with Crippen molar-refractivity contribution in [3.63, 3.8) is 0 Å². The van der Waals surface area contributed by atoms with E-state index < -0.39 is 11.9 Å². The van der Waals surface area contributed by atoms with Crippen LogP contribution in [0.5, 0.6) is 5.75 Å². The Kier molecular flexibility index (Phi) is 8.56. The molecule has 0 saturated heterocycles. The van der Waals surface area contributed by atoms with Gasteiger partial charge in [0.15, 0.2) is 11.6 Å². The van der Waals surface area contributed by atoms with Crippen molar-refractivity contribution in [1.29, 1.82) is 0 Å². The van der Waals surface area contributed by atoms with Crippen LogP contribution >= 0.6 is 43.5 Å². The van der Waals surface area contributed by atoms with E-state index in [1.807, 2.05) is 41.3 Å². The van der Waals surface area contributed by atoms with E-state index in [1.54, 1.807) is 0 Å². The zero-order valence-corrected chi connectivity index (χ0v) is 28.1. The first-order valence-electron chi connectivity index (χ1n) is 14.0. The largest absolute Gasteiger partial charge is 0.487 e. The summed E-state index contributed by atoms with van der Waals surface area (Å²) in [4.78, 5) is 41.6. The quantitative estimate of drug-likeness (QED) is 0.309. The van der Waals surface area contributed by atoms with E-state index in [0.717, 1.165) is 22.5 Å². The highest BCUT2D eigenvalue weighted by atomic mass is 79.9. The normalized spacial score (nSPS) is 20.0. The Morgan fingerprint density at radius 3 is 1.90 bits per heavy atom. The number of halogens is 3. The second-order valence-electron chi connectivity index (χ2n) is 13.1. The summed E-state index contributed by atoms with van der Waals surface area (Å²) < 4.78 is 7.56. The van der Waals surface area contributed by atoms with Gasteiger partial charge in [0.1, 0.15) is 12.4 Å². The molecule has 222 valence electrons. The molecule has 0 spiro atoms. The van der Waals surface area contributed by atoms with E-state index in [0.29, 0.717) is 63.2 Å². The molecule has 1 heterocycles. The van der Waals surface area contributed by atoms with Crippen molar-refractivity contribution in [2.24, 2.45) is 10.8 Å². The number of hydrogen-bond acceptors (Lipinski definition) is 5. The first kappa shape index (κ1) is 31.0. The van der Waals surface area contributed by atoms with Crippen molar-refractivity contribution in [2.45, 2.75) is 72.3 Å². The van der Waals surface area contributed by atoms with Crippen molar-refractivity contribution in [3.8, 4) is 5.75 Å². The molecule has 1 aliphatic heterocycles. The van der Waals surface area contributed by atoms with E-state index >= 15 is 0 Å². The summed E-state index contributed by atoms with van der Waals surface area (Å²) in [5, 5.41) is 10.2. The highest BCUT2D eigenvalue weighted by molar-refractivity contribution is 9.11. The van der Waals surface area contributed by atoms with Crippen LogP contribution in [0.2, 0.25) is 5.02 Å². The van der Waals surface area contributed by atoms with Crippen LogP contribution in [0.4, 0.5) is 0 Å². The molecule has 2 aliphatic carbocycles. The van der Waals surface area contributed by atoms with Gasteiger partial charge in [-0.15, -0.1) is 0 Å². The number of aliphatic carboxylic acids is 1. The summed E-state index contributed by atoms with van der Waals surface area (Å²) >= 11 is 13.4. The first-order chi connectivity index (χ1) is 19.7. The maximum atomic E-state index is 13.9. The molecule has 2 aromatic carbocycles. The Morgan fingerprint density at radius 2 is 1.43 bits per heavy atom. The molecule has 6 nitrogen and oxygen atoms in total. The van der Waals surface area contributed by atoms with Gasteiger partial charge in [-0.1, -0.05) is 51.4 Å². The topological polar surface area (TPSA) is 83.9 Å². The minimum Gasteiger partial charge on any atom is -0.487 e. The fourth-order valence-corrected chi connectivity index (χ4v) is 8.06. The third-order valence-corrected chi connectivity index (χ3v) is 9.65. The SMILES string of the molecule is CC1(C)CC(=O)C2=C(C1)N(CCC(=O)O)C1=C(C(=O)CC(C)(C)C1)C2c1cc(Br)c(OCc2ccc(Cl)cc2)c(Br)c1. The van der Waals surface area contributed by atoms with E-state index in [2.05, 4.69) is 59.6 Å². The van der Waals surface area contributed by atoms with E-state index in [1.165, 1.54) is 0 Å². The highest BCUT2D eigenvalue weighted by Crippen LogP contribution is 2.55. The monoisotopic (exact) mass is 717 g/mol. The summed E-state index contributed by atoms with van der Waals surface area (Å²) in [6.45, 7) is 8.83. The Balaban J connectivity index is 1.63. The summed E-state index contributed by atoms with van der Waals surface area (Å²) in [5.74, 6) is -0.826. The average molecular weight is 720 g/mol. The number of allylic oxidation sites excluding steroid dienone is 4. The molecule has 42 heavy (non-hydrogen) atoms. The molecule has 2 aromatic rings. The Bertz CT molecular complexity index is 1460. The standard InChI is InChI=1S/C33H34Br2ClNO5/c1-32(2)13-23-29(25(38)15-32)28(30-24(37(23)10-9-27(40)41)14-33(3,4)16-26(30)39)19-11-21(34)31(22(35)12-19)42-17-18-5-7-20(36)8-6-18/h5-8,11-12,28H,9-10,13-17H2,1-4H3,(H,40,41). The fourth-order valence-electron chi connectivity index (χ4n) is 6.48. The number of benzene rings is 2. The van der Waals surface area contributed by atoms with Crippen LogP contribution in [0.1, 0.15) is 76.8 Å². The number of carbonyl (C=O) groups excluding carboxylic acids is 2. The molecule has 9 heteroatoms. The lowest BCUT2D eigenvalue weighted by molar-refractivity contribution is -0.137. The Morgan fingerprint density at radius 1 is 0.929 bits per heavy atom. The van der Waals surface area contributed by atoms with Gasteiger partial charge in [0.25, 0.3) is 0 Å². The van der Waals surface area contributed by atoms with Crippen molar-refractivity contribution < 1.29 is 24.2 Å². The minimum absolute atomic E-state index is 0.00562. The third kappa shape index (κ3) is 6.27. The molecule has 0 radical (unpaired) electrons. The highest BCUT2D eigenvalue weighted by Gasteiger charge is 2.49. The maximum absolute atomic E-state index is 13.9.